The number of aromatic nitrogens is 1. The van der Waals surface area contributed by atoms with Crippen molar-refractivity contribution in [2.75, 3.05) is 32.8 Å². The number of pyridine rings is 1. The van der Waals surface area contributed by atoms with E-state index in [1.54, 1.807) is 11.3 Å². The molecule has 1 amide bonds. The molecule has 1 aliphatic rings. The summed E-state index contributed by atoms with van der Waals surface area (Å²) in [5, 5.41) is 4.84. The molecule has 0 radical (unpaired) electrons. The third kappa shape index (κ3) is 5.28. The van der Waals surface area contributed by atoms with E-state index in [4.69, 9.17) is 4.74 Å². The molecule has 0 unspecified atom stereocenters. The molecule has 0 aromatic carbocycles. The first-order valence-electron chi connectivity index (χ1n) is 10.4. The van der Waals surface area contributed by atoms with Gasteiger partial charge in [0.15, 0.2) is 0 Å². The van der Waals surface area contributed by atoms with Gasteiger partial charge in [0.1, 0.15) is 0 Å². The molecule has 30 heavy (non-hydrogen) atoms. The lowest BCUT2D eigenvalue weighted by Crippen LogP contribution is -2.36. The van der Waals surface area contributed by atoms with Crippen LogP contribution in [0.15, 0.2) is 22.3 Å². The molecule has 3 rings (SSSR count). The van der Waals surface area contributed by atoms with Gasteiger partial charge in [-0.2, -0.15) is 0 Å². The molecule has 1 aliphatic heterocycles. The van der Waals surface area contributed by atoms with E-state index in [9.17, 15) is 9.59 Å². The zero-order chi connectivity index (χ0) is 21.7. The van der Waals surface area contributed by atoms with E-state index >= 15 is 0 Å². The van der Waals surface area contributed by atoms with Gasteiger partial charge in [-0.25, -0.2) is 0 Å². The van der Waals surface area contributed by atoms with E-state index in [-0.39, 0.29) is 18.0 Å². The molecule has 3 heterocycles. The number of thiophene rings is 1. The number of aryl methyl sites for hydroxylation is 2. The molecule has 0 spiro atoms. The summed E-state index contributed by atoms with van der Waals surface area (Å²) in [5.74, 6) is -0.141. The first-order chi connectivity index (χ1) is 14.4. The third-order valence-electron chi connectivity index (χ3n) is 5.64. The van der Waals surface area contributed by atoms with E-state index in [1.807, 2.05) is 32.2 Å². The van der Waals surface area contributed by atoms with Crippen molar-refractivity contribution in [3.8, 4) is 0 Å². The van der Waals surface area contributed by atoms with Gasteiger partial charge in [-0.3, -0.25) is 14.5 Å². The summed E-state index contributed by atoms with van der Waals surface area (Å²) in [7, 11) is 0. The number of ether oxygens (including phenoxy) is 1. The van der Waals surface area contributed by atoms with Gasteiger partial charge in [0.2, 0.25) is 0 Å². The smallest absolute Gasteiger partial charge is 0.253 e. The average Bonchev–Trinajstić information content (AvgIpc) is 3.10. The van der Waals surface area contributed by atoms with Crippen LogP contribution in [0.25, 0.3) is 5.57 Å². The van der Waals surface area contributed by atoms with Crippen LogP contribution in [0.4, 0.5) is 0 Å². The summed E-state index contributed by atoms with van der Waals surface area (Å²) in [6.45, 7) is 12.6. The maximum Gasteiger partial charge on any atom is 0.253 e. The molecule has 2 aromatic heterocycles. The van der Waals surface area contributed by atoms with E-state index in [1.165, 1.54) is 10.5 Å². The Balaban J connectivity index is 1.66. The lowest BCUT2D eigenvalue weighted by molar-refractivity contribution is 0.0390. The number of H-pyrrole nitrogens is 1. The number of carbonyl (C=O) groups excluding carboxylic acids is 1. The molecule has 162 valence electrons. The van der Waals surface area contributed by atoms with Gasteiger partial charge in [-0.05, 0) is 56.9 Å². The highest BCUT2D eigenvalue weighted by molar-refractivity contribution is 7.11. The molecule has 0 bridgehead atoms. The number of amides is 1. The molecule has 2 N–H and O–H groups in total. The Morgan fingerprint density at radius 1 is 1.30 bits per heavy atom. The second kappa shape index (κ2) is 10.2. The van der Waals surface area contributed by atoms with Gasteiger partial charge in [0, 0.05) is 47.7 Å². The summed E-state index contributed by atoms with van der Waals surface area (Å²) in [6.07, 6.45) is 3.10. The molecule has 0 aliphatic carbocycles. The fraction of sp³-hybridized carbons (Fsp3) is 0.478. The number of nitrogens with one attached hydrogen (secondary N) is 2. The number of rotatable bonds is 7. The Bertz CT molecular complexity index is 984. The van der Waals surface area contributed by atoms with E-state index < -0.39 is 0 Å². The lowest BCUT2D eigenvalue weighted by Gasteiger charge is -2.26. The second-order valence-corrected chi connectivity index (χ2v) is 8.63. The molecule has 0 atom stereocenters. The largest absolute Gasteiger partial charge is 0.379 e. The summed E-state index contributed by atoms with van der Waals surface area (Å²) < 4.78 is 5.42. The lowest BCUT2D eigenvalue weighted by atomic mass is 10.0. The SMILES string of the molecule is C/C=C(/CCN1CCOCC1)c1scc(C(=O)NCc2c(C)cc(C)[nH]c2=O)c1C. The standard InChI is InChI=1S/C23H31N3O3S/c1-5-18(6-7-26-8-10-29-11-9-26)21-17(4)20(14-30-21)22(27)24-13-19-15(2)12-16(3)25-23(19)28/h5,12,14H,6-11,13H2,1-4H3,(H,24,27)(H,25,28)/b18-5-. The maximum absolute atomic E-state index is 12.8. The Morgan fingerprint density at radius 2 is 2.03 bits per heavy atom. The van der Waals surface area contributed by atoms with E-state index in [0.717, 1.165) is 56.1 Å². The average molecular weight is 430 g/mol. The van der Waals surface area contributed by atoms with Crippen LogP contribution in [0.3, 0.4) is 0 Å². The zero-order valence-corrected chi connectivity index (χ0v) is 19.1. The van der Waals surface area contributed by atoms with Gasteiger partial charge < -0.3 is 15.0 Å². The van der Waals surface area contributed by atoms with Gasteiger partial charge >= 0.3 is 0 Å². The van der Waals surface area contributed by atoms with Crippen molar-refractivity contribution in [3.05, 3.63) is 60.7 Å². The van der Waals surface area contributed by atoms with Crippen molar-refractivity contribution in [1.29, 1.82) is 0 Å². The molecule has 1 saturated heterocycles. The van der Waals surface area contributed by atoms with Crippen molar-refractivity contribution < 1.29 is 9.53 Å². The number of hydrogen-bond donors (Lipinski definition) is 2. The number of nitrogens with zero attached hydrogens (tertiary/aromatic N) is 1. The highest BCUT2D eigenvalue weighted by atomic mass is 32.1. The molecule has 1 fully saturated rings. The number of aromatic amines is 1. The number of allylic oxidation sites excluding steroid dienone is 1. The molecular formula is C23H31N3O3S. The fourth-order valence-electron chi connectivity index (χ4n) is 3.81. The molecule has 0 saturated carbocycles. The van der Waals surface area contributed by atoms with E-state index in [2.05, 4.69) is 28.2 Å². The Kier molecular flexibility index (Phi) is 7.64. The number of morpholine rings is 1. The van der Waals surface area contributed by atoms with Crippen molar-refractivity contribution in [2.24, 2.45) is 0 Å². The van der Waals surface area contributed by atoms with Crippen LogP contribution in [0.5, 0.6) is 0 Å². The highest BCUT2D eigenvalue weighted by Gasteiger charge is 2.18. The summed E-state index contributed by atoms with van der Waals surface area (Å²) in [4.78, 5) is 31.4. The minimum Gasteiger partial charge on any atom is -0.379 e. The molecule has 7 heteroatoms. The predicted molar refractivity (Wildman–Crippen MR) is 122 cm³/mol. The van der Waals surface area contributed by atoms with Crippen LogP contribution in [-0.4, -0.2) is 48.6 Å². The first kappa shape index (κ1) is 22.5. The zero-order valence-electron chi connectivity index (χ0n) is 18.3. The van der Waals surface area contributed by atoms with Crippen LogP contribution in [-0.2, 0) is 11.3 Å². The summed E-state index contributed by atoms with van der Waals surface area (Å²) in [6, 6.07) is 1.92. The van der Waals surface area contributed by atoms with Gasteiger partial charge in [-0.1, -0.05) is 6.08 Å². The molecule has 2 aromatic rings. The quantitative estimate of drug-likeness (QED) is 0.707. The van der Waals surface area contributed by atoms with Crippen LogP contribution in [0.2, 0.25) is 0 Å². The molecule has 6 nitrogen and oxygen atoms in total. The maximum atomic E-state index is 12.8. The van der Waals surface area contributed by atoms with Crippen molar-refractivity contribution in [2.45, 2.75) is 40.7 Å². The van der Waals surface area contributed by atoms with E-state index in [0.29, 0.717) is 11.1 Å². The topological polar surface area (TPSA) is 74.4 Å². The Morgan fingerprint density at radius 3 is 2.70 bits per heavy atom. The molecular weight excluding hydrogens is 398 g/mol. The first-order valence-corrected chi connectivity index (χ1v) is 11.3. The highest BCUT2D eigenvalue weighted by Crippen LogP contribution is 2.31. The third-order valence-corrected chi connectivity index (χ3v) is 6.80. The second-order valence-electron chi connectivity index (χ2n) is 7.75. The van der Waals surface area contributed by atoms with Gasteiger partial charge in [-0.15, -0.1) is 11.3 Å². The van der Waals surface area contributed by atoms with Crippen molar-refractivity contribution in [1.82, 2.24) is 15.2 Å². The Labute approximate surface area is 182 Å². The minimum absolute atomic E-state index is 0.141. The van der Waals surface area contributed by atoms with Crippen molar-refractivity contribution >= 4 is 22.8 Å². The minimum atomic E-state index is -0.144. The number of hydrogen-bond acceptors (Lipinski definition) is 5. The van der Waals surface area contributed by atoms with Crippen LogP contribution >= 0.6 is 11.3 Å². The van der Waals surface area contributed by atoms with Crippen molar-refractivity contribution in [3.63, 3.8) is 0 Å². The van der Waals surface area contributed by atoms with Crippen LogP contribution in [0, 0.1) is 20.8 Å². The van der Waals surface area contributed by atoms with Gasteiger partial charge in [0.25, 0.3) is 11.5 Å². The van der Waals surface area contributed by atoms with Gasteiger partial charge in [0.05, 0.1) is 18.8 Å². The summed E-state index contributed by atoms with van der Waals surface area (Å²) in [5.41, 5.74) is 5.12. The summed E-state index contributed by atoms with van der Waals surface area (Å²) >= 11 is 1.61. The normalized spacial score (nSPS) is 15.4. The predicted octanol–water partition coefficient (Wildman–Crippen LogP) is 3.42. The Hall–Kier alpha value is -2.22. The fourth-order valence-corrected chi connectivity index (χ4v) is 4.99. The van der Waals surface area contributed by atoms with Crippen LogP contribution < -0.4 is 10.9 Å². The van der Waals surface area contributed by atoms with Crippen LogP contribution in [0.1, 0.15) is 51.0 Å². The monoisotopic (exact) mass is 429 g/mol. The number of carbonyl (C=O) groups is 1.